The second-order valence-corrected chi connectivity index (χ2v) is 8.68. The second-order valence-electron chi connectivity index (χ2n) is 7.78. The lowest BCUT2D eigenvalue weighted by Crippen LogP contribution is -2.47. The van der Waals surface area contributed by atoms with Gasteiger partial charge >= 0.3 is 5.97 Å². The lowest BCUT2D eigenvalue weighted by atomic mass is 9.79. The molecule has 0 unspecified atom stereocenters. The summed E-state index contributed by atoms with van der Waals surface area (Å²) in [5.74, 6) is -1.76. The molecule has 0 aliphatic carbocycles. The third-order valence-corrected chi connectivity index (χ3v) is 6.32. The van der Waals surface area contributed by atoms with Crippen LogP contribution in [-0.2, 0) is 16.8 Å². The van der Waals surface area contributed by atoms with Crippen molar-refractivity contribution in [3.8, 4) is 16.9 Å². The Bertz CT molecular complexity index is 1180. The van der Waals surface area contributed by atoms with Crippen molar-refractivity contribution in [2.75, 3.05) is 19.0 Å². The fourth-order valence-corrected chi connectivity index (χ4v) is 4.63. The predicted octanol–water partition coefficient (Wildman–Crippen LogP) is 4.05. The molecule has 0 saturated heterocycles. The molecule has 1 aromatic heterocycles. The van der Waals surface area contributed by atoms with Crippen LogP contribution in [0.25, 0.3) is 11.1 Å². The molecule has 4 rings (SSSR count). The topological polar surface area (TPSA) is 101 Å². The van der Waals surface area contributed by atoms with E-state index in [2.05, 4.69) is 15.6 Å². The number of halogens is 1. The van der Waals surface area contributed by atoms with Crippen LogP contribution in [0.1, 0.15) is 34.8 Å². The van der Waals surface area contributed by atoms with E-state index in [0.717, 1.165) is 23.6 Å². The van der Waals surface area contributed by atoms with Gasteiger partial charge in [0.05, 0.1) is 12.7 Å². The number of fused-ring (bicyclic) bond motifs is 1. The minimum Gasteiger partial charge on any atom is -0.496 e. The Morgan fingerprint density at radius 1 is 1.34 bits per heavy atom. The molecular weight excluding hydrogens is 433 g/mol. The number of methoxy groups -OCH3 is 1. The van der Waals surface area contributed by atoms with Crippen molar-refractivity contribution in [2.45, 2.75) is 25.3 Å². The Morgan fingerprint density at radius 2 is 2.16 bits per heavy atom. The number of hydrogen-bond donors (Lipinski definition) is 3. The van der Waals surface area contributed by atoms with Gasteiger partial charge in [-0.3, -0.25) is 4.79 Å². The van der Waals surface area contributed by atoms with Gasteiger partial charge in [0.1, 0.15) is 11.6 Å². The van der Waals surface area contributed by atoms with E-state index in [-0.39, 0.29) is 12.3 Å². The molecule has 0 spiro atoms. The maximum absolute atomic E-state index is 13.9. The number of hydrogen-bond acceptors (Lipinski definition) is 6. The maximum atomic E-state index is 13.9. The molecule has 0 saturated carbocycles. The molecule has 32 heavy (non-hydrogen) atoms. The Hall–Kier alpha value is -3.30. The highest BCUT2D eigenvalue weighted by molar-refractivity contribution is 7.13. The highest BCUT2D eigenvalue weighted by Gasteiger charge is 2.35. The van der Waals surface area contributed by atoms with Crippen LogP contribution in [0.2, 0.25) is 0 Å². The fraction of sp³-hybridized carbons (Fsp3) is 0.261. The number of carbonyl (C=O) groups excluding carboxylic acids is 1. The summed E-state index contributed by atoms with van der Waals surface area (Å²) in [6, 6.07) is 7.76. The number of anilines is 1. The van der Waals surface area contributed by atoms with E-state index in [9.17, 15) is 19.1 Å². The van der Waals surface area contributed by atoms with Crippen LogP contribution in [0, 0.1) is 5.82 Å². The number of carbonyl (C=O) groups is 2. The standard InChI is InChI=1S/C23H22FN3O4S/c1-23(12-20(28)27-22-25-7-8-32-22)17-11-15(19(31-2)10-14(17)5-6-26-23)13-3-4-18(24)16(9-13)21(29)30/h3-4,7-11,26H,5-6,12H2,1-2H3,(H,29,30)(H,25,27,28)/t23-/m1/s1. The van der Waals surface area contributed by atoms with E-state index < -0.39 is 22.9 Å². The first-order valence-electron chi connectivity index (χ1n) is 10.00. The summed E-state index contributed by atoms with van der Waals surface area (Å²) in [5, 5.41) is 17.9. The molecule has 2 heterocycles. The summed E-state index contributed by atoms with van der Waals surface area (Å²) in [5.41, 5.74) is 2.02. The van der Waals surface area contributed by atoms with Gasteiger partial charge in [0.25, 0.3) is 0 Å². The number of nitrogens with one attached hydrogen (secondary N) is 2. The van der Waals surface area contributed by atoms with Gasteiger partial charge in [0.15, 0.2) is 5.13 Å². The number of rotatable bonds is 6. The van der Waals surface area contributed by atoms with Gasteiger partial charge in [0.2, 0.25) is 5.91 Å². The fourth-order valence-electron chi connectivity index (χ4n) is 4.09. The second kappa shape index (κ2) is 8.68. The molecule has 166 valence electrons. The molecule has 0 fully saturated rings. The van der Waals surface area contributed by atoms with Crippen LogP contribution in [0.15, 0.2) is 41.9 Å². The average Bonchev–Trinajstić information content (AvgIpc) is 3.26. The van der Waals surface area contributed by atoms with Crippen LogP contribution in [0.4, 0.5) is 9.52 Å². The van der Waals surface area contributed by atoms with Crippen molar-refractivity contribution in [1.82, 2.24) is 10.3 Å². The zero-order valence-electron chi connectivity index (χ0n) is 17.6. The zero-order chi connectivity index (χ0) is 22.9. The number of nitrogens with zero attached hydrogens (tertiary/aromatic N) is 1. The van der Waals surface area contributed by atoms with Crippen LogP contribution in [-0.4, -0.2) is 35.6 Å². The Morgan fingerprint density at radius 3 is 2.84 bits per heavy atom. The zero-order valence-corrected chi connectivity index (χ0v) is 18.4. The van der Waals surface area contributed by atoms with Crippen molar-refractivity contribution in [3.05, 3.63) is 64.4 Å². The first-order chi connectivity index (χ1) is 15.3. The number of benzene rings is 2. The quantitative estimate of drug-likeness (QED) is 0.519. The molecule has 2 aromatic carbocycles. The van der Waals surface area contributed by atoms with Gasteiger partial charge in [-0.2, -0.15) is 0 Å². The van der Waals surface area contributed by atoms with Crippen LogP contribution < -0.4 is 15.4 Å². The summed E-state index contributed by atoms with van der Waals surface area (Å²) in [7, 11) is 1.54. The molecule has 7 nitrogen and oxygen atoms in total. The summed E-state index contributed by atoms with van der Waals surface area (Å²) in [6.45, 7) is 2.65. The highest BCUT2D eigenvalue weighted by Crippen LogP contribution is 2.40. The van der Waals surface area contributed by atoms with Gasteiger partial charge in [-0.05, 0) is 54.3 Å². The van der Waals surface area contributed by atoms with E-state index in [0.29, 0.717) is 28.6 Å². The monoisotopic (exact) mass is 455 g/mol. The molecule has 1 aliphatic heterocycles. The summed E-state index contributed by atoms with van der Waals surface area (Å²) in [4.78, 5) is 28.2. The minimum absolute atomic E-state index is 0.171. The smallest absolute Gasteiger partial charge is 0.338 e. The van der Waals surface area contributed by atoms with Crippen LogP contribution in [0.3, 0.4) is 0 Å². The van der Waals surface area contributed by atoms with E-state index in [1.165, 1.54) is 30.6 Å². The average molecular weight is 456 g/mol. The summed E-state index contributed by atoms with van der Waals surface area (Å²) in [6.07, 6.45) is 2.55. The molecule has 9 heteroatoms. The highest BCUT2D eigenvalue weighted by atomic mass is 32.1. The van der Waals surface area contributed by atoms with Crippen molar-refractivity contribution in [3.63, 3.8) is 0 Å². The van der Waals surface area contributed by atoms with Crippen molar-refractivity contribution < 1.29 is 23.8 Å². The summed E-state index contributed by atoms with van der Waals surface area (Å²) >= 11 is 1.35. The van der Waals surface area contributed by atoms with Gasteiger partial charge in [-0.25, -0.2) is 14.2 Å². The number of carboxylic acid groups (broad SMARTS) is 1. The Labute approximate surface area is 188 Å². The number of thiazole rings is 1. The minimum atomic E-state index is -1.34. The molecule has 1 amide bonds. The lowest BCUT2D eigenvalue weighted by molar-refractivity contribution is -0.117. The number of aromatic nitrogens is 1. The largest absolute Gasteiger partial charge is 0.496 e. The van der Waals surface area contributed by atoms with Gasteiger partial charge in [-0.15, -0.1) is 11.3 Å². The Kier molecular flexibility index (Phi) is 5.94. The molecular formula is C23H22FN3O4S. The van der Waals surface area contributed by atoms with Crippen molar-refractivity contribution in [1.29, 1.82) is 0 Å². The predicted molar refractivity (Wildman–Crippen MR) is 120 cm³/mol. The molecule has 1 aliphatic rings. The number of aromatic carboxylic acids is 1. The summed E-state index contributed by atoms with van der Waals surface area (Å²) < 4.78 is 19.5. The van der Waals surface area contributed by atoms with E-state index in [4.69, 9.17) is 4.74 Å². The molecule has 3 aromatic rings. The SMILES string of the molecule is COc1cc2c(cc1-c1ccc(F)c(C(=O)O)c1)[C@@](C)(CC(=O)Nc1nccs1)NCC2. The number of ether oxygens (including phenoxy) is 1. The third-order valence-electron chi connectivity index (χ3n) is 5.63. The van der Waals surface area contributed by atoms with Crippen molar-refractivity contribution in [2.24, 2.45) is 0 Å². The van der Waals surface area contributed by atoms with Gasteiger partial charge in [-0.1, -0.05) is 6.07 Å². The first kappa shape index (κ1) is 21.9. The first-order valence-corrected chi connectivity index (χ1v) is 10.9. The molecule has 1 atom stereocenters. The number of carboxylic acids is 1. The maximum Gasteiger partial charge on any atom is 0.338 e. The number of amides is 1. The van der Waals surface area contributed by atoms with Gasteiger partial charge < -0.3 is 20.5 Å². The van der Waals surface area contributed by atoms with E-state index in [1.807, 2.05) is 19.1 Å². The van der Waals surface area contributed by atoms with E-state index >= 15 is 0 Å². The van der Waals surface area contributed by atoms with E-state index in [1.54, 1.807) is 11.6 Å². The van der Waals surface area contributed by atoms with Gasteiger partial charge in [0, 0.05) is 35.6 Å². The third kappa shape index (κ3) is 4.21. The van der Waals surface area contributed by atoms with Crippen molar-refractivity contribution >= 4 is 28.3 Å². The lowest BCUT2D eigenvalue weighted by Gasteiger charge is -2.37. The van der Waals surface area contributed by atoms with Crippen LogP contribution in [0.5, 0.6) is 5.75 Å². The Balaban J connectivity index is 1.75. The van der Waals surface area contributed by atoms with Crippen LogP contribution >= 0.6 is 11.3 Å². The molecule has 3 N–H and O–H groups in total. The molecule has 0 radical (unpaired) electrons. The normalized spacial score (nSPS) is 17.5. The molecule has 0 bridgehead atoms.